The fourth-order valence-electron chi connectivity index (χ4n) is 2.01. The molecule has 94 valence electrons. The highest BCUT2D eigenvalue weighted by atomic mass is 16.7. The third-order valence-electron chi connectivity index (χ3n) is 2.93. The van der Waals surface area contributed by atoms with E-state index in [4.69, 9.17) is 15.2 Å². The number of benzene rings is 1. The predicted molar refractivity (Wildman–Crippen MR) is 70.0 cm³/mol. The van der Waals surface area contributed by atoms with Crippen molar-refractivity contribution in [2.24, 2.45) is 5.73 Å². The van der Waals surface area contributed by atoms with Crippen molar-refractivity contribution in [3.63, 3.8) is 0 Å². The number of pyridine rings is 1. The molecule has 0 fully saturated rings. The van der Waals surface area contributed by atoms with Crippen molar-refractivity contribution in [3.05, 3.63) is 24.4 Å². The van der Waals surface area contributed by atoms with E-state index in [1.54, 1.807) is 6.20 Å². The number of anilines is 1. The zero-order chi connectivity index (χ0) is 12.4. The van der Waals surface area contributed by atoms with Crippen LogP contribution >= 0.6 is 0 Å². The van der Waals surface area contributed by atoms with E-state index in [1.165, 1.54) is 0 Å². The fourth-order valence-corrected chi connectivity index (χ4v) is 2.01. The van der Waals surface area contributed by atoms with Gasteiger partial charge in [-0.25, -0.2) is 4.98 Å². The highest BCUT2D eigenvalue weighted by molar-refractivity contribution is 5.94. The Morgan fingerprint density at radius 2 is 2.11 bits per heavy atom. The fraction of sp³-hybridized carbons (Fsp3) is 0.308. The molecule has 5 nitrogen and oxygen atoms in total. The lowest BCUT2D eigenvalue weighted by molar-refractivity contribution is 0.174. The van der Waals surface area contributed by atoms with E-state index in [2.05, 4.69) is 10.3 Å². The van der Waals surface area contributed by atoms with Gasteiger partial charge in [0.25, 0.3) is 0 Å². The topological polar surface area (TPSA) is 69.4 Å². The number of rotatable bonds is 4. The average molecular weight is 245 g/mol. The van der Waals surface area contributed by atoms with Crippen LogP contribution in [0.5, 0.6) is 11.5 Å². The van der Waals surface area contributed by atoms with Gasteiger partial charge in [0.15, 0.2) is 11.5 Å². The van der Waals surface area contributed by atoms with Crippen molar-refractivity contribution < 1.29 is 9.47 Å². The normalized spacial score (nSPS) is 12.9. The number of fused-ring (bicyclic) bond motifs is 2. The minimum atomic E-state index is 0.287. The number of nitrogens with two attached hydrogens (primary N) is 1. The van der Waals surface area contributed by atoms with Gasteiger partial charge in [-0.3, -0.25) is 0 Å². The molecule has 0 aliphatic carbocycles. The van der Waals surface area contributed by atoms with E-state index in [0.29, 0.717) is 6.54 Å². The van der Waals surface area contributed by atoms with E-state index in [-0.39, 0.29) is 6.79 Å². The second-order valence-electron chi connectivity index (χ2n) is 4.16. The quantitative estimate of drug-likeness (QED) is 0.803. The SMILES string of the molecule is NCCCNc1nccc2cc3c(cc12)OCO3. The monoisotopic (exact) mass is 245 g/mol. The summed E-state index contributed by atoms with van der Waals surface area (Å²) in [6, 6.07) is 5.91. The summed E-state index contributed by atoms with van der Waals surface area (Å²) in [5.41, 5.74) is 5.48. The second-order valence-corrected chi connectivity index (χ2v) is 4.16. The van der Waals surface area contributed by atoms with E-state index in [9.17, 15) is 0 Å². The largest absolute Gasteiger partial charge is 0.454 e. The van der Waals surface area contributed by atoms with E-state index in [0.717, 1.165) is 41.1 Å². The molecule has 0 bridgehead atoms. The predicted octanol–water partition coefficient (Wildman–Crippen LogP) is 1.72. The molecular weight excluding hydrogens is 230 g/mol. The molecule has 2 heterocycles. The van der Waals surface area contributed by atoms with Gasteiger partial charge in [-0.1, -0.05) is 0 Å². The van der Waals surface area contributed by atoms with Crippen LogP contribution in [0.1, 0.15) is 6.42 Å². The lowest BCUT2D eigenvalue weighted by atomic mass is 10.1. The Morgan fingerprint density at radius 3 is 2.94 bits per heavy atom. The summed E-state index contributed by atoms with van der Waals surface area (Å²) in [6.45, 7) is 1.77. The molecule has 2 aromatic rings. The molecule has 0 amide bonds. The average Bonchev–Trinajstić information content (AvgIpc) is 2.84. The zero-order valence-electron chi connectivity index (χ0n) is 9.98. The van der Waals surface area contributed by atoms with Gasteiger partial charge >= 0.3 is 0 Å². The maximum Gasteiger partial charge on any atom is 0.231 e. The van der Waals surface area contributed by atoms with E-state index in [1.807, 2.05) is 18.2 Å². The lowest BCUT2D eigenvalue weighted by Crippen LogP contribution is -2.09. The van der Waals surface area contributed by atoms with Gasteiger partial charge < -0.3 is 20.5 Å². The van der Waals surface area contributed by atoms with Gasteiger partial charge in [0.1, 0.15) is 5.82 Å². The maximum absolute atomic E-state index is 5.48. The molecule has 0 unspecified atom stereocenters. The highest BCUT2D eigenvalue weighted by Crippen LogP contribution is 2.37. The van der Waals surface area contributed by atoms with Crippen LogP contribution in [-0.2, 0) is 0 Å². The van der Waals surface area contributed by atoms with Gasteiger partial charge in [-0.05, 0) is 36.6 Å². The van der Waals surface area contributed by atoms with Gasteiger partial charge in [0, 0.05) is 18.1 Å². The Hall–Kier alpha value is -2.01. The Morgan fingerprint density at radius 1 is 1.28 bits per heavy atom. The Balaban J connectivity index is 1.99. The van der Waals surface area contributed by atoms with Crippen LogP contribution in [0, 0.1) is 0 Å². The van der Waals surface area contributed by atoms with Crippen molar-refractivity contribution in [3.8, 4) is 11.5 Å². The second kappa shape index (κ2) is 4.70. The number of nitrogens with zero attached hydrogens (tertiary/aromatic N) is 1. The van der Waals surface area contributed by atoms with Crippen LogP contribution < -0.4 is 20.5 Å². The first-order valence-corrected chi connectivity index (χ1v) is 6.01. The van der Waals surface area contributed by atoms with Crippen LogP contribution in [0.3, 0.4) is 0 Å². The van der Waals surface area contributed by atoms with Gasteiger partial charge in [-0.2, -0.15) is 0 Å². The summed E-state index contributed by atoms with van der Waals surface area (Å²) in [7, 11) is 0. The molecule has 0 atom stereocenters. The van der Waals surface area contributed by atoms with Crippen molar-refractivity contribution in [2.45, 2.75) is 6.42 Å². The number of hydrogen-bond donors (Lipinski definition) is 2. The third kappa shape index (κ3) is 1.93. The molecule has 0 radical (unpaired) electrons. The summed E-state index contributed by atoms with van der Waals surface area (Å²) in [4.78, 5) is 4.36. The molecule has 1 aliphatic rings. The summed E-state index contributed by atoms with van der Waals surface area (Å²) in [5.74, 6) is 2.43. The lowest BCUT2D eigenvalue weighted by Gasteiger charge is -2.08. The summed E-state index contributed by atoms with van der Waals surface area (Å²) >= 11 is 0. The highest BCUT2D eigenvalue weighted by Gasteiger charge is 2.15. The Kier molecular flexibility index (Phi) is 2.90. The van der Waals surface area contributed by atoms with E-state index < -0.39 is 0 Å². The minimum absolute atomic E-state index is 0.287. The van der Waals surface area contributed by atoms with Crippen LogP contribution in [0.15, 0.2) is 24.4 Å². The van der Waals surface area contributed by atoms with Crippen molar-refractivity contribution >= 4 is 16.6 Å². The molecule has 3 rings (SSSR count). The van der Waals surface area contributed by atoms with Crippen LogP contribution in [0.25, 0.3) is 10.8 Å². The van der Waals surface area contributed by atoms with Gasteiger partial charge in [0.05, 0.1) is 0 Å². The summed E-state index contributed by atoms with van der Waals surface area (Å²) in [5, 5.41) is 5.42. The summed E-state index contributed by atoms with van der Waals surface area (Å²) < 4.78 is 10.8. The molecule has 5 heteroatoms. The van der Waals surface area contributed by atoms with Crippen molar-refractivity contribution in [1.29, 1.82) is 0 Å². The van der Waals surface area contributed by atoms with Crippen molar-refractivity contribution in [1.82, 2.24) is 4.98 Å². The first-order chi connectivity index (χ1) is 8.88. The van der Waals surface area contributed by atoms with Gasteiger partial charge in [0.2, 0.25) is 6.79 Å². The third-order valence-corrected chi connectivity index (χ3v) is 2.93. The number of nitrogens with one attached hydrogen (secondary N) is 1. The zero-order valence-corrected chi connectivity index (χ0v) is 9.98. The smallest absolute Gasteiger partial charge is 0.231 e. The minimum Gasteiger partial charge on any atom is -0.454 e. The molecule has 18 heavy (non-hydrogen) atoms. The molecule has 0 saturated heterocycles. The van der Waals surface area contributed by atoms with Crippen molar-refractivity contribution in [2.75, 3.05) is 25.2 Å². The molecular formula is C13H15N3O2. The van der Waals surface area contributed by atoms with Gasteiger partial charge in [-0.15, -0.1) is 0 Å². The maximum atomic E-state index is 5.48. The standard InChI is InChI=1S/C13H15N3O2/c14-3-1-4-15-13-10-7-12-11(17-8-18-12)6-9(10)2-5-16-13/h2,5-7H,1,3-4,8,14H2,(H,15,16). The first kappa shape index (κ1) is 11.1. The molecule has 0 spiro atoms. The summed E-state index contributed by atoms with van der Waals surface area (Å²) in [6.07, 6.45) is 2.71. The molecule has 1 aromatic carbocycles. The molecule has 3 N–H and O–H groups in total. The van der Waals surface area contributed by atoms with E-state index >= 15 is 0 Å². The molecule has 1 aromatic heterocycles. The molecule has 0 saturated carbocycles. The Bertz CT molecular complexity index is 571. The number of ether oxygens (including phenoxy) is 2. The molecule has 1 aliphatic heterocycles. The number of aromatic nitrogens is 1. The van der Waals surface area contributed by atoms with Crippen LogP contribution in [-0.4, -0.2) is 24.9 Å². The van der Waals surface area contributed by atoms with Crippen LogP contribution in [0.4, 0.5) is 5.82 Å². The first-order valence-electron chi connectivity index (χ1n) is 6.01. The van der Waals surface area contributed by atoms with Crippen LogP contribution in [0.2, 0.25) is 0 Å². The Labute approximate surface area is 105 Å². The number of hydrogen-bond acceptors (Lipinski definition) is 5.